The summed E-state index contributed by atoms with van der Waals surface area (Å²) in [5.74, 6) is 0. The Labute approximate surface area is 132 Å². The van der Waals surface area contributed by atoms with Gasteiger partial charge in [-0.15, -0.1) is 0 Å². The van der Waals surface area contributed by atoms with Crippen LogP contribution in [-0.4, -0.2) is 36.6 Å². The Morgan fingerprint density at radius 3 is 2.29 bits per heavy atom. The second-order valence-corrected chi connectivity index (χ2v) is 8.12. The smallest absolute Gasteiger partial charge is 0.00966 e. The molecule has 0 aliphatic heterocycles. The summed E-state index contributed by atoms with van der Waals surface area (Å²) < 4.78 is 0. The molecule has 0 amide bonds. The first-order valence-corrected chi connectivity index (χ1v) is 9.79. The van der Waals surface area contributed by atoms with Gasteiger partial charge in [0.05, 0.1) is 0 Å². The van der Waals surface area contributed by atoms with Gasteiger partial charge in [0.2, 0.25) is 0 Å². The van der Waals surface area contributed by atoms with Crippen molar-refractivity contribution < 1.29 is 0 Å². The van der Waals surface area contributed by atoms with Gasteiger partial charge in [-0.3, -0.25) is 4.90 Å². The molecule has 0 heterocycles. The molecule has 122 valence electrons. The Balaban J connectivity index is 1.60. The van der Waals surface area contributed by atoms with Crippen LogP contribution >= 0.6 is 0 Å². The Kier molecular flexibility index (Phi) is 5.61. The second-order valence-electron chi connectivity index (χ2n) is 8.12. The molecule has 2 heteroatoms. The fraction of sp³-hybridized carbons (Fsp3) is 1.00. The molecule has 3 saturated carbocycles. The maximum absolute atomic E-state index is 3.89. The SMILES string of the molecule is CCCCN(CC1(CNC2CC2)CCCCCC1)C1CC1. The summed E-state index contributed by atoms with van der Waals surface area (Å²) in [6, 6.07) is 1.81. The van der Waals surface area contributed by atoms with Crippen molar-refractivity contribution in [2.24, 2.45) is 5.41 Å². The number of hydrogen-bond donors (Lipinski definition) is 1. The highest BCUT2D eigenvalue weighted by atomic mass is 15.2. The number of hydrogen-bond acceptors (Lipinski definition) is 2. The summed E-state index contributed by atoms with van der Waals surface area (Å²) in [5, 5.41) is 3.89. The van der Waals surface area contributed by atoms with Crippen LogP contribution in [0.2, 0.25) is 0 Å². The molecule has 3 rings (SSSR count). The summed E-state index contributed by atoms with van der Waals surface area (Å²) in [7, 11) is 0. The minimum atomic E-state index is 0.593. The molecular weight excluding hydrogens is 256 g/mol. The van der Waals surface area contributed by atoms with Crippen molar-refractivity contribution in [1.29, 1.82) is 0 Å². The van der Waals surface area contributed by atoms with E-state index in [-0.39, 0.29) is 0 Å². The zero-order valence-electron chi connectivity index (χ0n) is 14.2. The lowest BCUT2D eigenvalue weighted by Gasteiger charge is -2.39. The van der Waals surface area contributed by atoms with Gasteiger partial charge in [-0.1, -0.05) is 39.0 Å². The topological polar surface area (TPSA) is 15.3 Å². The van der Waals surface area contributed by atoms with E-state index in [0.717, 1.165) is 12.1 Å². The van der Waals surface area contributed by atoms with Gasteiger partial charge in [0.15, 0.2) is 0 Å². The van der Waals surface area contributed by atoms with Crippen LogP contribution in [-0.2, 0) is 0 Å². The van der Waals surface area contributed by atoms with Crippen molar-refractivity contribution in [2.45, 2.75) is 96.1 Å². The monoisotopic (exact) mass is 292 g/mol. The lowest BCUT2D eigenvalue weighted by Crippen LogP contribution is -2.45. The average Bonchev–Trinajstić information content (AvgIpc) is 3.36. The molecule has 0 unspecified atom stereocenters. The lowest BCUT2D eigenvalue weighted by atomic mass is 9.79. The van der Waals surface area contributed by atoms with Crippen LogP contribution in [0.5, 0.6) is 0 Å². The standard InChI is InChI=1S/C19H36N2/c1-2-3-14-21(18-10-11-18)16-19(15-20-17-8-9-17)12-6-4-5-7-13-19/h17-18,20H,2-16H2,1H3. The first kappa shape index (κ1) is 15.8. The molecule has 0 saturated heterocycles. The average molecular weight is 293 g/mol. The highest BCUT2D eigenvalue weighted by Crippen LogP contribution is 2.39. The van der Waals surface area contributed by atoms with E-state index in [9.17, 15) is 0 Å². The van der Waals surface area contributed by atoms with Crippen molar-refractivity contribution in [1.82, 2.24) is 10.2 Å². The fourth-order valence-electron chi connectivity index (χ4n) is 4.14. The summed E-state index contributed by atoms with van der Waals surface area (Å²) in [6.07, 6.45) is 17.4. The molecule has 0 aromatic rings. The van der Waals surface area contributed by atoms with Gasteiger partial charge in [0.25, 0.3) is 0 Å². The second kappa shape index (κ2) is 7.46. The van der Waals surface area contributed by atoms with E-state index >= 15 is 0 Å². The Morgan fingerprint density at radius 1 is 1.00 bits per heavy atom. The molecule has 2 nitrogen and oxygen atoms in total. The van der Waals surface area contributed by atoms with E-state index < -0.39 is 0 Å². The third-order valence-electron chi connectivity index (χ3n) is 5.91. The van der Waals surface area contributed by atoms with Gasteiger partial charge in [0.1, 0.15) is 0 Å². The first-order valence-electron chi connectivity index (χ1n) is 9.79. The minimum absolute atomic E-state index is 0.593. The predicted octanol–water partition coefficient (Wildman–Crippen LogP) is 4.34. The van der Waals surface area contributed by atoms with E-state index in [1.807, 2.05) is 0 Å². The molecular formula is C19H36N2. The van der Waals surface area contributed by atoms with Gasteiger partial charge in [-0.2, -0.15) is 0 Å². The van der Waals surface area contributed by atoms with Crippen LogP contribution in [0.1, 0.15) is 84.0 Å². The highest BCUT2D eigenvalue weighted by Gasteiger charge is 2.38. The van der Waals surface area contributed by atoms with Gasteiger partial charge in [0, 0.05) is 25.2 Å². The lowest BCUT2D eigenvalue weighted by molar-refractivity contribution is 0.119. The van der Waals surface area contributed by atoms with Crippen LogP contribution in [0.4, 0.5) is 0 Å². The molecule has 0 bridgehead atoms. The molecule has 21 heavy (non-hydrogen) atoms. The van der Waals surface area contributed by atoms with Crippen molar-refractivity contribution in [3.63, 3.8) is 0 Å². The number of rotatable bonds is 9. The van der Waals surface area contributed by atoms with Crippen LogP contribution in [0.25, 0.3) is 0 Å². The van der Waals surface area contributed by atoms with E-state index in [2.05, 4.69) is 17.1 Å². The highest BCUT2D eigenvalue weighted by molar-refractivity contribution is 4.94. The third kappa shape index (κ3) is 4.96. The fourth-order valence-corrected chi connectivity index (χ4v) is 4.14. The molecule has 0 aromatic heterocycles. The van der Waals surface area contributed by atoms with Gasteiger partial charge >= 0.3 is 0 Å². The van der Waals surface area contributed by atoms with E-state index in [0.29, 0.717) is 5.41 Å². The van der Waals surface area contributed by atoms with Gasteiger partial charge in [-0.25, -0.2) is 0 Å². The maximum atomic E-state index is 3.89. The van der Waals surface area contributed by atoms with Crippen LogP contribution in [0.3, 0.4) is 0 Å². The minimum Gasteiger partial charge on any atom is -0.313 e. The third-order valence-corrected chi connectivity index (χ3v) is 5.91. The van der Waals surface area contributed by atoms with Crippen molar-refractivity contribution in [3.05, 3.63) is 0 Å². The number of nitrogens with one attached hydrogen (secondary N) is 1. The van der Waals surface area contributed by atoms with Crippen LogP contribution in [0.15, 0.2) is 0 Å². The molecule has 0 spiro atoms. The largest absolute Gasteiger partial charge is 0.313 e. The maximum Gasteiger partial charge on any atom is 0.00966 e. The van der Waals surface area contributed by atoms with Crippen molar-refractivity contribution in [3.8, 4) is 0 Å². The number of unbranched alkanes of at least 4 members (excludes halogenated alkanes) is 1. The summed E-state index contributed by atoms with van der Waals surface area (Å²) in [6.45, 7) is 6.37. The summed E-state index contributed by atoms with van der Waals surface area (Å²) in [5.41, 5.74) is 0.593. The van der Waals surface area contributed by atoms with Gasteiger partial charge < -0.3 is 5.32 Å². The normalized spacial score (nSPS) is 26.0. The molecule has 3 fully saturated rings. The number of nitrogens with zero attached hydrogens (tertiary/aromatic N) is 1. The first-order chi connectivity index (χ1) is 10.3. The zero-order valence-corrected chi connectivity index (χ0v) is 14.2. The van der Waals surface area contributed by atoms with Gasteiger partial charge in [-0.05, 0) is 56.9 Å². The quantitative estimate of drug-likeness (QED) is 0.636. The summed E-state index contributed by atoms with van der Waals surface area (Å²) >= 11 is 0. The van der Waals surface area contributed by atoms with Crippen molar-refractivity contribution >= 4 is 0 Å². The molecule has 0 atom stereocenters. The zero-order chi connectivity index (χ0) is 14.5. The van der Waals surface area contributed by atoms with E-state index in [1.54, 1.807) is 0 Å². The van der Waals surface area contributed by atoms with Crippen molar-refractivity contribution in [2.75, 3.05) is 19.6 Å². The van der Waals surface area contributed by atoms with Crippen LogP contribution < -0.4 is 5.32 Å². The van der Waals surface area contributed by atoms with Crippen LogP contribution in [0, 0.1) is 5.41 Å². The molecule has 0 aromatic carbocycles. The Hall–Kier alpha value is -0.0800. The Morgan fingerprint density at radius 2 is 1.71 bits per heavy atom. The van der Waals surface area contributed by atoms with E-state index in [1.165, 1.54) is 96.7 Å². The van der Waals surface area contributed by atoms with E-state index in [4.69, 9.17) is 0 Å². The molecule has 3 aliphatic rings. The predicted molar refractivity (Wildman–Crippen MR) is 90.7 cm³/mol. The molecule has 3 aliphatic carbocycles. The molecule has 1 N–H and O–H groups in total. The summed E-state index contributed by atoms with van der Waals surface area (Å²) in [4.78, 5) is 2.88. The molecule has 0 radical (unpaired) electrons. The Bertz CT molecular complexity index is 299.